The number of hydrogen-bond acceptors (Lipinski definition) is 4. The first kappa shape index (κ1) is 21.2. The molecule has 162 valence electrons. The molecule has 6 nitrogen and oxygen atoms in total. The van der Waals surface area contributed by atoms with E-state index in [4.69, 9.17) is 0 Å². The van der Waals surface area contributed by atoms with Crippen LogP contribution in [0.15, 0.2) is 71.5 Å². The van der Waals surface area contributed by atoms with Crippen LogP contribution in [0.25, 0.3) is 10.9 Å². The van der Waals surface area contributed by atoms with Gasteiger partial charge in [0.2, 0.25) is 5.91 Å². The number of fused-ring (bicyclic) bond motifs is 1. The Morgan fingerprint density at radius 3 is 2.53 bits per heavy atom. The van der Waals surface area contributed by atoms with Crippen LogP contribution in [0, 0.1) is 19.7 Å². The van der Waals surface area contributed by atoms with Crippen molar-refractivity contribution in [3.05, 3.63) is 99.7 Å². The Kier molecular flexibility index (Phi) is 5.98. The van der Waals surface area contributed by atoms with E-state index < -0.39 is 5.69 Å². The summed E-state index contributed by atoms with van der Waals surface area (Å²) in [6.07, 6.45) is 0. The molecule has 1 aromatic heterocycles. The van der Waals surface area contributed by atoms with Crippen LogP contribution in [0.4, 0.5) is 15.9 Å². The Bertz CT molecular complexity index is 1350. The van der Waals surface area contributed by atoms with Crippen molar-refractivity contribution in [3.63, 3.8) is 0 Å². The summed E-state index contributed by atoms with van der Waals surface area (Å²) in [7, 11) is 0. The van der Waals surface area contributed by atoms with Crippen LogP contribution in [0.1, 0.15) is 16.7 Å². The third kappa shape index (κ3) is 4.67. The van der Waals surface area contributed by atoms with Crippen molar-refractivity contribution >= 4 is 28.3 Å². The van der Waals surface area contributed by atoms with Gasteiger partial charge in [-0.1, -0.05) is 42.0 Å². The second-order valence-electron chi connectivity index (χ2n) is 7.69. The van der Waals surface area contributed by atoms with Crippen LogP contribution in [-0.4, -0.2) is 15.5 Å². The van der Waals surface area contributed by atoms with Gasteiger partial charge in [-0.15, -0.1) is 0 Å². The second-order valence-corrected chi connectivity index (χ2v) is 7.69. The zero-order valence-electron chi connectivity index (χ0n) is 17.9. The van der Waals surface area contributed by atoms with Gasteiger partial charge in [-0.3, -0.25) is 9.36 Å². The number of aromatic nitrogens is 2. The number of aryl methyl sites for hydroxylation is 2. The normalized spacial score (nSPS) is 10.8. The molecule has 0 fully saturated rings. The summed E-state index contributed by atoms with van der Waals surface area (Å²) in [5, 5.41) is 6.74. The van der Waals surface area contributed by atoms with E-state index in [-0.39, 0.29) is 18.3 Å². The number of hydrogen-bond donors (Lipinski definition) is 2. The zero-order valence-corrected chi connectivity index (χ0v) is 17.9. The van der Waals surface area contributed by atoms with Gasteiger partial charge >= 0.3 is 5.69 Å². The molecule has 0 aliphatic heterocycles. The number of rotatable bonds is 6. The van der Waals surface area contributed by atoms with Crippen molar-refractivity contribution in [1.29, 1.82) is 0 Å². The lowest BCUT2D eigenvalue weighted by atomic mass is 10.1. The van der Waals surface area contributed by atoms with Crippen molar-refractivity contribution in [1.82, 2.24) is 9.55 Å². The van der Waals surface area contributed by atoms with Gasteiger partial charge in [0.1, 0.15) is 18.2 Å². The molecule has 1 heterocycles. The van der Waals surface area contributed by atoms with Crippen LogP contribution in [0.5, 0.6) is 0 Å². The summed E-state index contributed by atoms with van der Waals surface area (Å²) < 4.78 is 14.5. The number of nitrogens with one attached hydrogen (secondary N) is 2. The van der Waals surface area contributed by atoms with E-state index in [1.54, 1.807) is 18.2 Å². The molecule has 0 radical (unpaired) electrons. The maximum atomic E-state index is 13.1. The third-order valence-corrected chi connectivity index (χ3v) is 5.22. The van der Waals surface area contributed by atoms with Crippen LogP contribution in [0.2, 0.25) is 0 Å². The molecule has 4 rings (SSSR count). The SMILES string of the molecule is Cc1ccc(NC(=O)Cn2c(=O)nc(NCc3ccc(F)cc3)c3ccccc32)c(C)c1. The lowest BCUT2D eigenvalue weighted by Crippen LogP contribution is -2.30. The minimum absolute atomic E-state index is 0.155. The van der Waals surface area contributed by atoms with Gasteiger partial charge in [0, 0.05) is 17.6 Å². The molecule has 0 aliphatic carbocycles. The van der Waals surface area contributed by atoms with E-state index >= 15 is 0 Å². The molecule has 0 saturated heterocycles. The predicted molar refractivity (Wildman–Crippen MR) is 124 cm³/mol. The molecule has 2 N–H and O–H groups in total. The van der Waals surface area contributed by atoms with Crippen molar-refractivity contribution in [2.45, 2.75) is 26.9 Å². The number of benzene rings is 3. The molecule has 32 heavy (non-hydrogen) atoms. The standard InChI is InChI=1S/C25H23FN4O2/c1-16-7-12-21(17(2)13-16)28-23(31)15-30-22-6-4-3-5-20(22)24(29-25(30)32)27-14-18-8-10-19(26)11-9-18/h3-13H,14-15H2,1-2H3,(H,28,31)(H,27,29,32). The molecule has 0 saturated carbocycles. The van der Waals surface area contributed by atoms with Crippen LogP contribution >= 0.6 is 0 Å². The summed E-state index contributed by atoms with van der Waals surface area (Å²) in [5.74, 6) is -0.196. The molecule has 0 aliphatic rings. The first-order chi connectivity index (χ1) is 15.4. The van der Waals surface area contributed by atoms with Crippen molar-refractivity contribution < 1.29 is 9.18 Å². The highest BCUT2D eigenvalue weighted by molar-refractivity contribution is 5.94. The minimum atomic E-state index is -0.527. The lowest BCUT2D eigenvalue weighted by molar-refractivity contribution is -0.116. The number of para-hydroxylation sites is 1. The average Bonchev–Trinajstić information content (AvgIpc) is 2.77. The van der Waals surface area contributed by atoms with Crippen molar-refractivity contribution in [3.8, 4) is 0 Å². The molecule has 7 heteroatoms. The van der Waals surface area contributed by atoms with Crippen LogP contribution in [0.3, 0.4) is 0 Å². The summed E-state index contributed by atoms with van der Waals surface area (Å²) in [5.41, 5.74) is 3.70. The monoisotopic (exact) mass is 430 g/mol. The van der Waals surface area contributed by atoms with Gasteiger partial charge in [-0.05, 0) is 55.3 Å². The Morgan fingerprint density at radius 1 is 1.03 bits per heavy atom. The Hall–Kier alpha value is -4.00. The molecule has 3 aromatic carbocycles. The number of anilines is 2. The highest BCUT2D eigenvalue weighted by Gasteiger charge is 2.14. The van der Waals surface area contributed by atoms with E-state index in [0.29, 0.717) is 29.0 Å². The number of carbonyl (C=O) groups is 1. The molecule has 4 aromatic rings. The summed E-state index contributed by atoms with van der Waals surface area (Å²) in [6.45, 7) is 4.14. The zero-order chi connectivity index (χ0) is 22.7. The quantitative estimate of drug-likeness (QED) is 0.475. The van der Waals surface area contributed by atoms with Gasteiger partial charge in [-0.2, -0.15) is 4.98 Å². The van der Waals surface area contributed by atoms with E-state index in [1.165, 1.54) is 16.7 Å². The van der Waals surface area contributed by atoms with Crippen LogP contribution in [-0.2, 0) is 17.9 Å². The predicted octanol–water partition coefficient (Wildman–Crippen LogP) is 4.40. The Labute approximate surface area is 184 Å². The third-order valence-electron chi connectivity index (χ3n) is 5.22. The van der Waals surface area contributed by atoms with Crippen LogP contribution < -0.4 is 16.3 Å². The lowest BCUT2D eigenvalue weighted by Gasteiger charge is -2.14. The van der Waals surface area contributed by atoms with Gasteiger partial charge in [-0.25, -0.2) is 9.18 Å². The van der Waals surface area contributed by atoms with Gasteiger partial charge < -0.3 is 10.6 Å². The van der Waals surface area contributed by atoms with Crippen molar-refractivity contribution in [2.24, 2.45) is 0 Å². The topological polar surface area (TPSA) is 76.0 Å². The first-order valence-electron chi connectivity index (χ1n) is 10.3. The second kappa shape index (κ2) is 9.01. The molecule has 0 atom stereocenters. The molecule has 0 unspecified atom stereocenters. The van der Waals surface area contributed by atoms with E-state index in [9.17, 15) is 14.0 Å². The molecule has 0 spiro atoms. The van der Waals surface area contributed by atoms with Gasteiger partial charge in [0.25, 0.3) is 0 Å². The molecule has 0 bridgehead atoms. The van der Waals surface area contributed by atoms with Crippen molar-refractivity contribution in [2.75, 3.05) is 10.6 Å². The summed E-state index contributed by atoms with van der Waals surface area (Å²) in [6, 6.07) is 19.1. The summed E-state index contributed by atoms with van der Waals surface area (Å²) in [4.78, 5) is 29.7. The molecule has 1 amide bonds. The molecular formula is C25H23FN4O2. The fourth-order valence-corrected chi connectivity index (χ4v) is 3.59. The maximum absolute atomic E-state index is 13.1. The Balaban J connectivity index is 1.59. The fourth-order valence-electron chi connectivity index (χ4n) is 3.59. The minimum Gasteiger partial charge on any atom is -0.365 e. The van der Waals surface area contributed by atoms with Gasteiger partial charge in [0.05, 0.1) is 5.52 Å². The highest BCUT2D eigenvalue weighted by atomic mass is 19.1. The number of carbonyl (C=O) groups excluding carboxylic acids is 1. The van der Waals surface area contributed by atoms with Gasteiger partial charge in [0.15, 0.2) is 0 Å². The number of amides is 1. The maximum Gasteiger partial charge on any atom is 0.350 e. The Morgan fingerprint density at radius 2 is 1.78 bits per heavy atom. The molecular weight excluding hydrogens is 407 g/mol. The summed E-state index contributed by atoms with van der Waals surface area (Å²) >= 11 is 0. The average molecular weight is 430 g/mol. The smallest absolute Gasteiger partial charge is 0.350 e. The highest BCUT2D eigenvalue weighted by Crippen LogP contribution is 2.21. The fraction of sp³-hybridized carbons (Fsp3) is 0.160. The number of halogens is 1. The first-order valence-corrected chi connectivity index (χ1v) is 10.3. The largest absolute Gasteiger partial charge is 0.365 e. The van der Waals surface area contributed by atoms with E-state index in [2.05, 4.69) is 15.6 Å². The van der Waals surface area contributed by atoms with E-state index in [0.717, 1.165) is 16.7 Å². The van der Waals surface area contributed by atoms with E-state index in [1.807, 2.05) is 50.2 Å². The number of nitrogens with zero attached hydrogens (tertiary/aromatic N) is 2.